The lowest BCUT2D eigenvalue weighted by Crippen LogP contribution is -2.51. The van der Waals surface area contributed by atoms with Crippen molar-refractivity contribution in [1.82, 2.24) is 14.8 Å². The molecular formula is C29H37N3O5. The van der Waals surface area contributed by atoms with Crippen LogP contribution in [0.1, 0.15) is 48.2 Å². The quantitative estimate of drug-likeness (QED) is 0.618. The average Bonchev–Trinajstić information content (AvgIpc) is 2.94. The maximum absolute atomic E-state index is 13.6. The van der Waals surface area contributed by atoms with Crippen molar-refractivity contribution >= 4 is 24.0 Å². The lowest BCUT2D eigenvalue weighted by atomic mass is 9.97. The van der Waals surface area contributed by atoms with Crippen molar-refractivity contribution in [2.45, 2.75) is 38.8 Å². The van der Waals surface area contributed by atoms with Gasteiger partial charge in [-0.15, -0.1) is 0 Å². The summed E-state index contributed by atoms with van der Waals surface area (Å²) in [7, 11) is 1.80. The molecule has 2 aromatic rings. The number of rotatable bonds is 7. The Labute approximate surface area is 218 Å². The van der Waals surface area contributed by atoms with Gasteiger partial charge in [-0.2, -0.15) is 0 Å². The molecule has 0 unspecified atom stereocenters. The molecule has 1 fully saturated rings. The van der Waals surface area contributed by atoms with Crippen LogP contribution >= 0.6 is 0 Å². The highest BCUT2D eigenvalue weighted by atomic mass is 16.5. The van der Waals surface area contributed by atoms with Crippen molar-refractivity contribution in [1.29, 1.82) is 0 Å². The largest absolute Gasteiger partial charge is 0.472 e. The molecule has 1 saturated heterocycles. The van der Waals surface area contributed by atoms with Gasteiger partial charge in [0.05, 0.1) is 19.2 Å². The molecule has 1 aromatic heterocycles. The van der Waals surface area contributed by atoms with E-state index in [0.29, 0.717) is 31.9 Å². The number of benzene rings is 1. The molecule has 0 aliphatic carbocycles. The van der Waals surface area contributed by atoms with E-state index in [9.17, 15) is 14.7 Å². The summed E-state index contributed by atoms with van der Waals surface area (Å²) in [5, 5.41) is 9.88. The normalized spacial score (nSPS) is 21.6. The molecule has 2 aliphatic rings. The number of pyridine rings is 1. The van der Waals surface area contributed by atoms with E-state index in [-0.39, 0.29) is 48.3 Å². The highest BCUT2D eigenvalue weighted by molar-refractivity contribution is 5.97. The smallest absolute Gasteiger partial charge is 0.259 e. The monoisotopic (exact) mass is 507 g/mol. The van der Waals surface area contributed by atoms with Crippen molar-refractivity contribution in [3.8, 4) is 5.88 Å². The molecule has 8 nitrogen and oxygen atoms in total. The van der Waals surface area contributed by atoms with E-state index in [4.69, 9.17) is 9.47 Å². The summed E-state index contributed by atoms with van der Waals surface area (Å²) in [6.07, 6.45) is 6.65. The van der Waals surface area contributed by atoms with Crippen LogP contribution in [-0.2, 0) is 9.53 Å². The number of ether oxygens (including phenoxy) is 2. The lowest BCUT2D eigenvalue weighted by Gasteiger charge is -2.38. The number of aliphatic hydroxyl groups excluding tert-OH is 1. The van der Waals surface area contributed by atoms with Gasteiger partial charge < -0.3 is 24.4 Å². The third-order valence-electron chi connectivity index (χ3n) is 7.21. The number of aromatic nitrogens is 1. The Morgan fingerprint density at radius 2 is 1.92 bits per heavy atom. The number of hydrogen-bond donors (Lipinski definition) is 1. The summed E-state index contributed by atoms with van der Waals surface area (Å²) >= 11 is 0. The van der Waals surface area contributed by atoms with E-state index in [1.54, 1.807) is 29.1 Å². The number of nitrogens with zero attached hydrogens (tertiary/aromatic N) is 3. The summed E-state index contributed by atoms with van der Waals surface area (Å²) in [4.78, 5) is 34.6. The van der Waals surface area contributed by atoms with Crippen molar-refractivity contribution in [3.05, 3.63) is 59.3 Å². The number of amides is 2. The Kier molecular flexibility index (Phi) is 8.95. The highest BCUT2D eigenvalue weighted by Gasteiger charge is 2.35. The molecule has 3 heterocycles. The van der Waals surface area contributed by atoms with Crippen molar-refractivity contribution in [3.63, 3.8) is 0 Å². The molecule has 2 amide bonds. The molecule has 2 aliphatic heterocycles. The summed E-state index contributed by atoms with van der Waals surface area (Å²) < 4.78 is 11.8. The van der Waals surface area contributed by atoms with Crippen LogP contribution in [0.4, 0.5) is 0 Å². The van der Waals surface area contributed by atoms with Gasteiger partial charge in [0, 0.05) is 44.8 Å². The number of fused-ring (bicyclic) bond motifs is 1. The van der Waals surface area contributed by atoms with Crippen molar-refractivity contribution in [2.75, 3.05) is 40.0 Å². The molecule has 0 spiro atoms. The maximum Gasteiger partial charge on any atom is 0.259 e. The van der Waals surface area contributed by atoms with Crippen LogP contribution in [0.25, 0.3) is 12.2 Å². The standard InChI is InChI=1S/C29H37N3O5/c1-20-17-32(21(2)19-33)29(35)25-15-23(10-9-22-7-5-4-6-8-22)16-30-27(25)37-26(20)18-31(3)28(34)24-11-13-36-14-12-24/h4-10,15-16,20-21,24,26,33H,11-14,17-19H2,1-3H3/b10-9+/t20-,21-,26-/m1/s1. The molecule has 4 rings (SSSR count). The second-order valence-electron chi connectivity index (χ2n) is 10.1. The van der Waals surface area contributed by atoms with Crippen molar-refractivity contribution < 1.29 is 24.2 Å². The third kappa shape index (κ3) is 6.56. The first-order valence-corrected chi connectivity index (χ1v) is 13.0. The SMILES string of the molecule is C[C@@H]1CN([C@H](C)CO)C(=O)c2cc(/C=C/c3ccccc3)cnc2O[C@@H]1CN(C)C(=O)C1CCOCC1. The fourth-order valence-electron chi connectivity index (χ4n) is 4.80. The topological polar surface area (TPSA) is 92.2 Å². The first kappa shape index (κ1) is 26.8. The molecule has 1 aromatic carbocycles. The molecule has 198 valence electrons. The molecular weight excluding hydrogens is 470 g/mol. The van der Waals surface area contributed by atoms with Gasteiger partial charge in [0.25, 0.3) is 5.91 Å². The van der Waals surface area contributed by atoms with E-state index < -0.39 is 0 Å². The summed E-state index contributed by atoms with van der Waals surface area (Å²) in [6.45, 7) is 5.67. The third-order valence-corrected chi connectivity index (χ3v) is 7.21. The molecule has 1 N–H and O–H groups in total. The van der Waals surface area contributed by atoms with E-state index in [1.807, 2.05) is 56.3 Å². The molecule has 0 radical (unpaired) electrons. The summed E-state index contributed by atoms with van der Waals surface area (Å²) in [5.41, 5.74) is 2.16. The zero-order valence-electron chi connectivity index (χ0n) is 21.9. The number of likely N-dealkylation sites (N-methyl/N-ethyl adjacent to an activating group) is 1. The Morgan fingerprint density at radius 1 is 1.22 bits per heavy atom. The van der Waals surface area contributed by atoms with E-state index >= 15 is 0 Å². The van der Waals surface area contributed by atoms with Crippen LogP contribution < -0.4 is 4.74 Å². The minimum atomic E-state index is -0.369. The van der Waals surface area contributed by atoms with Crippen LogP contribution in [0.15, 0.2) is 42.6 Å². The summed E-state index contributed by atoms with van der Waals surface area (Å²) in [6, 6.07) is 11.3. The maximum atomic E-state index is 13.6. The molecule has 37 heavy (non-hydrogen) atoms. The Hall–Kier alpha value is -3.23. The van der Waals surface area contributed by atoms with Gasteiger partial charge in [-0.25, -0.2) is 4.98 Å². The Bertz CT molecular complexity index is 1100. The van der Waals surface area contributed by atoms with Gasteiger partial charge >= 0.3 is 0 Å². The second kappa shape index (κ2) is 12.3. The highest BCUT2D eigenvalue weighted by Crippen LogP contribution is 2.28. The van der Waals surface area contributed by atoms with Gasteiger partial charge in [0.1, 0.15) is 11.7 Å². The predicted molar refractivity (Wildman–Crippen MR) is 142 cm³/mol. The number of carbonyl (C=O) groups excluding carboxylic acids is 2. The van der Waals surface area contributed by atoms with Crippen LogP contribution in [0.5, 0.6) is 5.88 Å². The van der Waals surface area contributed by atoms with Crippen molar-refractivity contribution in [2.24, 2.45) is 11.8 Å². The fourth-order valence-corrected chi connectivity index (χ4v) is 4.80. The molecule has 8 heteroatoms. The fraction of sp³-hybridized carbons (Fsp3) is 0.483. The minimum absolute atomic E-state index is 0.0422. The first-order valence-electron chi connectivity index (χ1n) is 13.0. The van der Waals surface area contributed by atoms with E-state index in [1.165, 1.54) is 0 Å². The number of aliphatic hydroxyl groups is 1. The number of hydrogen-bond acceptors (Lipinski definition) is 6. The van der Waals surface area contributed by atoms with Gasteiger partial charge in [-0.05, 0) is 37.0 Å². The number of carbonyl (C=O) groups is 2. The molecule has 0 bridgehead atoms. The van der Waals surface area contributed by atoms with Gasteiger partial charge in [-0.3, -0.25) is 9.59 Å². The van der Waals surface area contributed by atoms with E-state index in [2.05, 4.69) is 4.98 Å². The van der Waals surface area contributed by atoms with Gasteiger partial charge in [0.15, 0.2) is 0 Å². The van der Waals surface area contributed by atoms with Crippen LogP contribution in [0.2, 0.25) is 0 Å². The zero-order chi connectivity index (χ0) is 26.4. The molecule has 0 saturated carbocycles. The Balaban J connectivity index is 1.60. The second-order valence-corrected chi connectivity index (χ2v) is 10.1. The van der Waals surface area contributed by atoms with Crippen LogP contribution in [0, 0.1) is 11.8 Å². The predicted octanol–water partition coefficient (Wildman–Crippen LogP) is 3.36. The summed E-state index contributed by atoms with van der Waals surface area (Å²) in [5.74, 6) is -0.0150. The molecule has 3 atom stereocenters. The average molecular weight is 508 g/mol. The van der Waals surface area contributed by atoms with Gasteiger partial charge in [0.2, 0.25) is 11.8 Å². The minimum Gasteiger partial charge on any atom is -0.472 e. The van der Waals surface area contributed by atoms with Crippen LogP contribution in [-0.4, -0.2) is 83.8 Å². The Morgan fingerprint density at radius 3 is 2.62 bits per heavy atom. The zero-order valence-corrected chi connectivity index (χ0v) is 21.9. The first-order chi connectivity index (χ1) is 17.9. The van der Waals surface area contributed by atoms with Crippen LogP contribution in [0.3, 0.4) is 0 Å². The van der Waals surface area contributed by atoms with E-state index in [0.717, 1.165) is 24.0 Å². The lowest BCUT2D eigenvalue weighted by molar-refractivity contribution is -0.138. The van der Waals surface area contributed by atoms with Gasteiger partial charge in [-0.1, -0.05) is 49.4 Å².